The minimum absolute atomic E-state index is 0.225. The van der Waals surface area contributed by atoms with Crippen LogP contribution in [0.25, 0.3) is 0 Å². The molecule has 2 aromatic carbocycles. The summed E-state index contributed by atoms with van der Waals surface area (Å²) in [6.07, 6.45) is 0.960. The number of hydrazine groups is 1. The van der Waals surface area contributed by atoms with Gasteiger partial charge in [0, 0.05) is 10.0 Å². The molecule has 0 spiro atoms. The number of nitrogens with one attached hydrogen (secondary N) is 2. The average molecular weight is 460 g/mol. The van der Waals surface area contributed by atoms with Gasteiger partial charge in [0.2, 0.25) is 10.0 Å². The highest BCUT2D eigenvalue weighted by Gasteiger charge is 2.21. The summed E-state index contributed by atoms with van der Waals surface area (Å²) in [5.41, 5.74) is 5.33. The lowest BCUT2D eigenvalue weighted by molar-refractivity contribution is -0.129. The van der Waals surface area contributed by atoms with E-state index in [1.165, 1.54) is 12.1 Å². The summed E-state index contributed by atoms with van der Waals surface area (Å²) in [5, 5.41) is 0.892. The van der Waals surface area contributed by atoms with Gasteiger partial charge in [-0.3, -0.25) is 24.7 Å². The number of ether oxygens (including phenoxy) is 1. The fourth-order valence-corrected chi connectivity index (χ4v) is 3.38. The smallest absolute Gasteiger partial charge is 0.276 e. The van der Waals surface area contributed by atoms with E-state index in [0.717, 1.165) is 16.1 Å². The van der Waals surface area contributed by atoms with Gasteiger partial charge in [0.15, 0.2) is 6.61 Å². The number of sulfonamides is 1. The molecule has 11 heteroatoms. The fourth-order valence-electron chi connectivity index (χ4n) is 2.23. The molecular formula is C18H19Cl2N3O5S. The second-order valence-electron chi connectivity index (χ2n) is 6.05. The van der Waals surface area contributed by atoms with Crippen molar-refractivity contribution in [3.63, 3.8) is 0 Å². The topological polar surface area (TPSA) is 105 Å². The number of nitrogens with zero attached hydrogens (tertiary/aromatic N) is 1. The van der Waals surface area contributed by atoms with Gasteiger partial charge in [-0.05, 0) is 48.9 Å². The number of aryl methyl sites for hydroxylation is 1. The van der Waals surface area contributed by atoms with Crippen molar-refractivity contribution in [2.45, 2.75) is 6.92 Å². The van der Waals surface area contributed by atoms with Gasteiger partial charge in [0.1, 0.15) is 12.3 Å². The number of halogens is 2. The fraction of sp³-hybridized carbons (Fsp3) is 0.222. The van der Waals surface area contributed by atoms with Crippen LogP contribution in [0.15, 0.2) is 42.5 Å². The summed E-state index contributed by atoms with van der Waals surface area (Å²) in [7, 11) is -3.76. The number of carbonyl (C=O) groups excluding carboxylic acids is 2. The zero-order chi connectivity index (χ0) is 21.6. The van der Waals surface area contributed by atoms with E-state index < -0.39 is 28.4 Å². The van der Waals surface area contributed by atoms with Crippen LogP contribution in [0, 0.1) is 6.92 Å². The summed E-state index contributed by atoms with van der Waals surface area (Å²) in [6, 6.07) is 11.0. The zero-order valence-corrected chi connectivity index (χ0v) is 17.9. The molecule has 0 aliphatic rings. The Balaban J connectivity index is 1.89. The van der Waals surface area contributed by atoms with Crippen LogP contribution in [0.1, 0.15) is 5.56 Å². The van der Waals surface area contributed by atoms with Crippen molar-refractivity contribution in [2.75, 3.05) is 23.7 Å². The quantitative estimate of drug-likeness (QED) is 0.617. The van der Waals surface area contributed by atoms with Gasteiger partial charge < -0.3 is 4.74 Å². The third-order valence-electron chi connectivity index (χ3n) is 3.62. The van der Waals surface area contributed by atoms with Crippen molar-refractivity contribution in [1.82, 2.24) is 10.9 Å². The lowest BCUT2D eigenvalue weighted by Gasteiger charge is -2.22. The van der Waals surface area contributed by atoms with Crippen LogP contribution in [0.3, 0.4) is 0 Å². The van der Waals surface area contributed by atoms with E-state index in [4.69, 9.17) is 27.9 Å². The molecule has 0 bridgehead atoms. The molecule has 0 aliphatic carbocycles. The van der Waals surface area contributed by atoms with Crippen molar-refractivity contribution in [3.05, 3.63) is 58.1 Å². The summed E-state index contributed by atoms with van der Waals surface area (Å²) in [4.78, 5) is 23.9. The molecule has 8 nitrogen and oxygen atoms in total. The van der Waals surface area contributed by atoms with Crippen molar-refractivity contribution in [1.29, 1.82) is 0 Å². The first-order chi connectivity index (χ1) is 13.6. The normalized spacial score (nSPS) is 10.9. The molecule has 0 aromatic heterocycles. The number of anilines is 1. The minimum atomic E-state index is -3.76. The van der Waals surface area contributed by atoms with Gasteiger partial charge in [-0.15, -0.1) is 0 Å². The molecule has 0 unspecified atom stereocenters. The predicted molar refractivity (Wildman–Crippen MR) is 112 cm³/mol. The maximum atomic E-state index is 12.1. The first-order valence-corrected chi connectivity index (χ1v) is 10.9. The van der Waals surface area contributed by atoms with Crippen LogP contribution in [-0.2, 0) is 19.6 Å². The first kappa shape index (κ1) is 22.8. The lowest BCUT2D eigenvalue weighted by atomic mass is 10.2. The molecule has 0 atom stereocenters. The number of carbonyl (C=O) groups is 2. The van der Waals surface area contributed by atoms with E-state index >= 15 is 0 Å². The zero-order valence-electron chi connectivity index (χ0n) is 15.6. The summed E-state index contributed by atoms with van der Waals surface area (Å²) >= 11 is 11.8. The van der Waals surface area contributed by atoms with Crippen molar-refractivity contribution >= 4 is 50.7 Å². The Labute approximate surface area is 178 Å². The van der Waals surface area contributed by atoms with Crippen LogP contribution in [-0.4, -0.2) is 39.6 Å². The van der Waals surface area contributed by atoms with Crippen molar-refractivity contribution in [2.24, 2.45) is 0 Å². The summed E-state index contributed by atoms with van der Waals surface area (Å²) in [5.74, 6) is -0.928. The Hall–Kier alpha value is -2.49. The van der Waals surface area contributed by atoms with Crippen molar-refractivity contribution in [3.8, 4) is 5.75 Å². The van der Waals surface area contributed by atoms with E-state index in [9.17, 15) is 18.0 Å². The molecule has 2 amide bonds. The van der Waals surface area contributed by atoms with Gasteiger partial charge in [0.25, 0.3) is 11.8 Å². The molecule has 0 heterocycles. The maximum absolute atomic E-state index is 12.1. The highest BCUT2D eigenvalue weighted by Crippen LogP contribution is 2.22. The summed E-state index contributed by atoms with van der Waals surface area (Å²) < 4.78 is 30.2. The Kier molecular flexibility index (Phi) is 7.72. The van der Waals surface area contributed by atoms with Crippen LogP contribution in [0.2, 0.25) is 10.0 Å². The molecule has 156 valence electrons. The van der Waals surface area contributed by atoms with Crippen LogP contribution < -0.4 is 19.9 Å². The van der Waals surface area contributed by atoms with E-state index in [2.05, 4.69) is 10.9 Å². The van der Waals surface area contributed by atoms with Gasteiger partial charge in [-0.25, -0.2) is 8.42 Å². The Bertz CT molecular complexity index is 1010. The van der Waals surface area contributed by atoms with Crippen LogP contribution >= 0.6 is 23.2 Å². The SMILES string of the molecule is Cc1cc(OCC(=O)NNC(=O)CN(c2cccc(Cl)c2)S(C)(=O)=O)ccc1Cl. The highest BCUT2D eigenvalue weighted by molar-refractivity contribution is 7.92. The summed E-state index contributed by atoms with van der Waals surface area (Å²) in [6.45, 7) is 0.894. The van der Waals surface area contributed by atoms with Crippen molar-refractivity contribution < 1.29 is 22.7 Å². The monoisotopic (exact) mass is 459 g/mol. The Morgan fingerprint density at radius 2 is 1.76 bits per heavy atom. The Morgan fingerprint density at radius 1 is 1.07 bits per heavy atom. The Morgan fingerprint density at radius 3 is 2.38 bits per heavy atom. The average Bonchev–Trinajstić information content (AvgIpc) is 2.64. The molecule has 0 aliphatic heterocycles. The molecule has 0 saturated carbocycles. The van der Waals surface area contributed by atoms with E-state index in [1.54, 1.807) is 37.3 Å². The highest BCUT2D eigenvalue weighted by atomic mass is 35.5. The molecule has 0 radical (unpaired) electrons. The van der Waals surface area contributed by atoms with Gasteiger partial charge in [-0.1, -0.05) is 29.3 Å². The number of amides is 2. The van der Waals surface area contributed by atoms with E-state index in [1.807, 2.05) is 0 Å². The molecule has 29 heavy (non-hydrogen) atoms. The number of hydrogen-bond acceptors (Lipinski definition) is 5. The lowest BCUT2D eigenvalue weighted by Crippen LogP contribution is -2.48. The second kappa shape index (κ2) is 9.82. The third-order valence-corrected chi connectivity index (χ3v) is 5.42. The first-order valence-electron chi connectivity index (χ1n) is 8.26. The van der Waals surface area contributed by atoms with Crippen LogP contribution in [0.5, 0.6) is 5.75 Å². The molecule has 2 aromatic rings. The third kappa shape index (κ3) is 7.12. The standard InChI is InChI=1S/C18H19Cl2N3O5S/c1-12-8-15(6-7-16(12)20)28-11-18(25)22-21-17(24)10-23(29(2,26)27)14-5-3-4-13(19)9-14/h3-9H,10-11H2,1-2H3,(H,21,24)(H,22,25). The molecular weight excluding hydrogens is 441 g/mol. The number of rotatable bonds is 7. The largest absolute Gasteiger partial charge is 0.484 e. The predicted octanol–water partition coefficient (Wildman–Crippen LogP) is 2.29. The van der Waals surface area contributed by atoms with Gasteiger partial charge in [-0.2, -0.15) is 0 Å². The van der Waals surface area contributed by atoms with Gasteiger partial charge >= 0.3 is 0 Å². The number of hydrogen-bond donors (Lipinski definition) is 2. The molecule has 2 rings (SSSR count). The minimum Gasteiger partial charge on any atom is -0.484 e. The molecule has 2 N–H and O–H groups in total. The second-order valence-corrected chi connectivity index (χ2v) is 8.80. The van der Waals surface area contributed by atoms with E-state index in [0.29, 0.717) is 15.8 Å². The molecule has 0 saturated heterocycles. The van der Waals surface area contributed by atoms with E-state index in [-0.39, 0.29) is 12.3 Å². The molecule has 0 fully saturated rings. The number of benzene rings is 2. The maximum Gasteiger partial charge on any atom is 0.276 e. The van der Waals surface area contributed by atoms with Crippen LogP contribution in [0.4, 0.5) is 5.69 Å². The van der Waals surface area contributed by atoms with Gasteiger partial charge in [0.05, 0.1) is 11.9 Å².